The number of amides is 1. The Hall–Kier alpha value is -3.55. The minimum atomic E-state index is -0.0254. The molecular weight excluding hydrogens is 356 g/mol. The highest BCUT2D eigenvalue weighted by Crippen LogP contribution is 2.28. The van der Waals surface area contributed by atoms with Gasteiger partial charge >= 0.3 is 0 Å². The number of nitrogens with one attached hydrogen (secondary N) is 1. The number of hydrogen-bond donors (Lipinski definition) is 1. The Labute approximate surface area is 162 Å². The lowest BCUT2D eigenvalue weighted by molar-refractivity contribution is -0.124. The summed E-state index contributed by atoms with van der Waals surface area (Å²) in [4.78, 5) is 31.5. The first kappa shape index (κ1) is 17.8. The molecule has 3 aromatic rings. The highest BCUT2D eigenvalue weighted by Gasteiger charge is 2.27. The van der Waals surface area contributed by atoms with Gasteiger partial charge in [-0.15, -0.1) is 0 Å². The Morgan fingerprint density at radius 1 is 1.32 bits per heavy atom. The Balaban J connectivity index is 1.44. The second kappa shape index (κ2) is 7.99. The van der Waals surface area contributed by atoms with Crippen LogP contribution in [-0.4, -0.2) is 43.8 Å². The van der Waals surface area contributed by atoms with Crippen molar-refractivity contribution in [2.75, 3.05) is 18.4 Å². The van der Waals surface area contributed by atoms with Gasteiger partial charge in [-0.05, 0) is 31.6 Å². The van der Waals surface area contributed by atoms with Crippen LogP contribution in [0, 0.1) is 6.92 Å². The van der Waals surface area contributed by atoms with Gasteiger partial charge in [0, 0.05) is 43.5 Å². The molecule has 4 rings (SSSR count). The van der Waals surface area contributed by atoms with Crippen LogP contribution in [0.2, 0.25) is 0 Å². The van der Waals surface area contributed by atoms with Crippen molar-refractivity contribution in [2.24, 2.45) is 0 Å². The lowest BCUT2D eigenvalue weighted by atomic mass is 10.0. The molecule has 1 aliphatic rings. The number of likely N-dealkylation sites (tertiary alicyclic amines) is 1. The molecule has 0 spiro atoms. The van der Waals surface area contributed by atoms with E-state index in [1.165, 1.54) is 0 Å². The molecular formula is C20H20N6O2. The topological polar surface area (TPSA) is 97.0 Å². The number of hydrogen-bond acceptors (Lipinski definition) is 7. The van der Waals surface area contributed by atoms with Crippen LogP contribution in [-0.2, 0) is 4.79 Å². The fourth-order valence-electron chi connectivity index (χ4n) is 3.21. The van der Waals surface area contributed by atoms with E-state index < -0.39 is 0 Å². The number of carbonyl (C=O) groups excluding carboxylic acids is 1. The van der Waals surface area contributed by atoms with Gasteiger partial charge in [0.1, 0.15) is 23.2 Å². The molecule has 4 heterocycles. The summed E-state index contributed by atoms with van der Waals surface area (Å²) in [6.45, 7) is 3.18. The smallest absolute Gasteiger partial charge is 0.246 e. The zero-order chi connectivity index (χ0) is 19.3. The number of aromatic nitrogens is 4. The minimum absolute atomic E-state index is 0.0254. The van der Waals surface area contributed by atoms with Gasteiger partial charge in [-0.1, -0.05) is 0 Å². The molecule has 8 nitrogen and oxygen atoms in total. The van der Waals surface area contributed by atoms with E-state index in [0.29, 0.717) is 36.3 Å². The fraction of sp³-hybridized carbons (Fsp3) is 0.250. The van der Waals surface area contributed by atoms with Crippen molar-refractivity contribution in [3.63, 3.8) is 0 Å². The number of rotatable bonds is 5. The van der Waals surface area contributed by atoms with E-state index >= 15 is 0 Å². The van der Waals surface area contributed by atoms with E-state index in [0.717, 1.165) is 12.1 Å². The van der Waals surface area contributed by atoms with E-state index in [9.17, 15) is 4.79 Å². The predicted octanol–water partition coefficient (Wildman–Crippen LogP) is 2.94. The van der Waals surface area contributed by atoms with Crippen LogP contribution in [0.5, 0.6) is 0 Å². The summed E-state index contributed by atoms with van der Waals surface area (Å²) in [7, 11) is 0. The number of nitrogens with zero attached hydrogens (tertiary/aromatic N) is 5. The highest BCUT2D eigenvalue weighted by molar-refractivity contribution is 5.91. The van der Waals surface area contributed by atoms with Crippen LogP contribution >= 0.6 is 0 Å². The minimum Gasteiger partial charge on any atom is -0.465 e. The van der Waals surface area contributed by atoms with E-state index in [1.54, 1.807) is 43.1 Å². The monoisotopic (exact) mass is 376 g/mol. The fourth-order valence-corrected chi connectivity index (χ4v) is 3.21. The molecule has 1 aliphatic heterocycles. The van der Waals surface area contributed by atoms with Crippen LogP contribution in [0.1, 0.15) is 29.6 Å². The molecule has 0 bridgehead atoms. The lowest BCUT2D eigenvalue weighted by Crippen LogP contribution is -2.26. The molecule has 1 atom stereocenters. The Bertz CT molecular complexity index is 972. The molecule has 1 saturated heterocycles. The number of anilines is 2. The summed E-state index contributed by atoms with van der Waals surface area (Å²) < 4.78 is 5.22. The van der Waals surface area contributed by atoms with Crippen LogP contribution in [0.4, 0.5) is 11.6 Å². The Morgan fingerprint density at radius 3 is 3.04 bits per heavy atom. The first-order chi connectivity index (χ1) is 13.7. The third-order valence-electron chi connectivity index (χ3n) is 4.53. The molecule has 0 radical (unpaired) electrons. The standard InChI is InChI=1S/C20H20N6O2/c1-14-23-17(11-18(24-14)25-19-12-21-7-8-22-19)15-6-9-26(13-15)20(27)5-4-16-3-2-10-28-16/h2-5,7-8,10-12,15H,6,9,13H2,1H3,(H,22,23,24,25)/b5-4+. The third-order valence-corrected chi connectivity index (χ3v) is 4.53. The zero-order valence-electron chi connectivity index (χ0n) is 15.4. The summed E-state index contributed by atoms with van der Waals surface area (Å²) in [6, 6.07) is 5.52. The van der Waals surface area contributed by atoms with Gasteiger partial charge in [0.2, 0.25) is 5.91 Å². The van der Waals surface area contributed by atoms with E-state index in [1.807, 2.05) is 24.0 Å². The molecule has 1 fully saturated rings. The average Bonchev–Trinajstić information content (AvgIpc) is 3.39. The van der Waals surface area contributed by atoms with Gasteiger partial charge in [-0.25, -0.2) is 15.0 Å². The van der Waals surface area contributed by atoms with Gasteiger partial charge in [-0.3, -0.25) is 9.78 Å². The second-order valence-electron chi connectivity index (χ2n) is 6.56. The van der Waals surface area contributed by atoms with E-state index in [2.05, 4.69) is 25.3 Å². The molecule has 1 unspecified atom stereocenters. The van der Waals surface area contributed by atoms with Crippen molar-refractivity contribution in [1.29, 1.82) is 0 Å². The van der Waals surface area contributed by atoms with Crippen molar-refractivity contribution < 1.29 is 9.21 Å². The maximum absolute atomic E-state index is 12.4. The molecule has 8 heteroatoms. The largest absolute Gasteiger partial charge is 0.465 e. The van der Waals surface area contributed by atoms with Gasteiger partial charge < -0.3 is 14.6 Å². The molecule has 28 heavy (non-hydrogen) atoms. The normalized spacial score (nSPS) is 16.6. The summed E-state index contributed by atoms with van der Waals surface area (Å²) in [6.07, 6.45) is 10.6. The summed E-state index contributed by atoms with van der Waals surface area (Å²) in [5.41, 5.74) is 0.921. The Morgan fingerprint density at radius 2 is 2.25 bits per heavy atom. The van der Waals surface area contributed by atoms with Gasteiger partial charge in [0.25, 0.3) is 0 Å². The molecule has 0 saturated carbocycles. The molecule has 1 amide bonds. The highest BCUT2D eigenvalue weighted by atomic mass is 16.3. The number of aryl methyl sites for hydroxylation is 1. The van der Waals surface area contributed by atoms with Crippen molar-refractivity contribution in [3.8, 4) is 0 Å². The summed E-state index contributed by atoms with van der Waals surface area (Å²) in [5.74, 6) is 2.78. The van der Waals surface area contributed by atoms with Gasteiger partial charge in [-0.2, -0.15) is 0 Å². The number of furan rings is 1. The molecule has 142 valence electrons. The van der Waals surface area contributed by atoms with E-state index in [-0.39, 0.29) is 11.8 Å². The Kier molecular flexibility index (Phi) is 5.09. The predicted molar refractivity (Wildman–Crippen MR) is 104 cm³/mol. The first-order valence-corrected chi connectivity index (χ1v) is 9.06. The lowest BCUT2D eigenvalue weighted by Gasteiger charge is -2.15. The molecule has 1 N–H and O–H groups in total. The third kappa shape index (κ3) is 4.22. The zero-order valence-corrected chi connectivity index (χ0v) is 15.4. The van der Waals surface area contributed by atoms with Crippen LogP contribution in [0.3, 0.4) is 0 Å². The molecule has 0 aliphatic carbocycles. The van der Waals surface area contributed by atoms with Crippen molar-refractivity contribution in [1.82, 2.24) is 24.8 Å². The maximum atomic E-state index is 12.4. The van der Waals surface area contributed by atoms with Crippen molar-refractivity contribution >= 4 is 23.6 Å². The molecule has 3 aromatic heterocycles. The molecule has 0 aromatic carbocycles. The second-order valence-corrected chi connectivity index (χ2v) is 6.56. The first-order valence-electron chi connectivity index (χ1n) is 9.06. The van der Waals surface area contributed by atoms with Crippen molar-refractivity contribution in [3.05, 3.63) is 66.4 Å². The van der Waals surface area contributed by atoms with Gasteiger partial charge in [0.15, 0.2) is 0 Å². The van der Waals surface area contributed by atoms with Crippen LogP contribution in [0.15, 0.2) is 53.5 Å². The van der Waals surface area contributed by atoms with E-state index in [4.69, 9.17) is 4.42 Å². The van der Waals surface area contributed by atoms with Crippen LogP contribution < -0.4 is 5.32 Å². The van der Waals surface area contributed by atoms with Crippen LogP contribution in [0.25, 0.3) is 6.08 Å². The summed E-state index contributed by atoms with van der Waals surface area (Å²) >= 11 is 0. The number of carbonyl (C=O) groups is 1. The SMILES string of the molecule is Cc1nc(Nc2cnccn2)cc(C2CCN(C(=O)/C=C/c3ccco3)C2)n1. The quantitative estimate of drug-likeness (QED) is 0.684. The van der Waals surface area contributed by atoms with Gasteiger partial charge in [0.05, 0.1) is 18.2 Å². The maximum Gasteiger partial charge on any atom is 0.246 e. The van der Waals surface area contributed by atoms with Crippen molar-refractivity contribution in [2.45, 2.75) is 19.3 Å². The average molecular weight is 376 g/mol. The summed E-state index contributed by atoms with van der Waals surface area (Å²) in [5, 5.41) is 3.15.